The first-order valence-electron chi connectivity index (χ1n) is 10.2. The van der Waals surface area contributed by atoms with Gasteiger partial charge in [0.15, 0.2) is 0 Å². The van der Waals surface area contributed by atoms with E-state index in [0.29, 0.717) is 38.5 Å². The van der Waals surface area contributed by atoms with Crippen LogP contribution in [-0.4, -0.2) is 34.9 Å². The van der Waals surface area contributed by atoms with Crippen LogP contribution in [0.3, 0.4) is 0 Å². The lowest BCUT2D eigenvalue weighted by Crippen LogP contribution is -2.43. The van der Waals surface area contributed by atoms with Crippen molar-refractivity contribution in [1.29, 1.82) is 0 Å². The van der Waals surface area contributed by atoms with Crippen LogP contribution in [0.25, 0.3) is 0 Å². The number of nitro benzene ring substituents is 1. The van der Waals surface area contributed by atoms with E-state index in [1.54, 1.807) is 16.2 Å². The summed E-state index contributed by atoms with van der Waals surface area (Å²) in [5.74, 6) is -0.0669. The standard InChI is InChI=1S/C21H22F3N3O3S/c22-21(23,24)15-3-6-18(19(12-15)27(29)30)25-9-7-14(8-10-25)20(28)26(16-4-5-16)13-17-2-1-11-31-17/h1-3,6,11-12,14,16H,4-5,7-10,13H2. The molecule has 10 heteroatoms. The average Bonchev–Trinajstić information content (AvgIpc) is 3.46. The van der Waals surface area contributed by atoms with Gasteiger partial charge in [-0.25, -0.2) is 0 Å². The van der Waals surface area contributed by atoms with Crippen LogP contribution in [0.2, 0.25) is 0 Å². The lowest BCUT2D eigenvalue weighted by molar-refractivity contribution is -0.384. The minimum atomic E-state index is -4.64. The molecule has 1 saturated carbocycles. The molecule has 1 aliphatic heterocycles. The molecule has 31 heavy (non-hydrogen) atoms. The quantitative estimate of drug-likeness (QED) is 0.452. The number of anilines is 1. The molecule has 1 amide bonds. The fourth-order valence-electron chi connectivity index (χ4n) is 4.06. The summed E-state index contributed by atoms with van der Waals surface area (Å²) in [5.41, 5.74) is -1.43. The summed E-state index contributed by atoms with van der Waals surface area (Å²) in [6, 6.07) is 6.88. The zero-order valence-electron chi connectivity index (χ0n) is 16.7. The molecule has 1 saturated heterocycles. The molecule has 0 spiro atoms. The monoisotopic (exact) mass is 453 g/mol. The SMILES string of the molecule is O=C(C1CCN(c2ccc(C(F)(F)F)cc2[N+](=O)[O-])CC1)N(Cc1cccs1)C1CC1. The molecule has 2 fully saturated rings. The van der Waals surface area contributed by atoms with E-state index in [1.165, 1.54) is 0 Å². The van der Waals surface area contributed by atoms with Crippen molar-refractivity contribution in [2.24, 2.45) is 5.92 Å². The van der Waals surface area contributed by atoms with E-state index in [2.05, 4.69) is 0 Å². The fourth-order valence-corrected chi connectivity index (χ4v) is 4.76. The third-order valence-corrected chi connectivity index (χ3v) is 6.72. The van der Waals surface area contributed by atoms with Crippen molar-refractivity contribution in [3.63, 3.8) is 0 Å². The fraction of sp³-hybridized carbons (Fsp3) is 0.476. The predicted octanol–water partition coefficient (Wildman–Crippen LogP) is 5.08. The van der Waals surface area contributed by atoms with Crippen LogP contribution in [0, 0.1) is 16.0 Å². The highest BCUT2D eigenvalue weighted by Gasteiger charge is 2.38. The van der Waals surface area contributed by atoms with Gasteiger partial charge >= 0.3 is 6.18 Å². The minimum absolute atomic E-state index is 0.109. The highest BCUT2D eigenvalue weighted by Crippen LogP contribution is 2.38. The first kappa shape index (κ1) is 21.6. The topological polar surface area (TPSA) is 66.7 Å². The molecule has 0 unspecified atom stereocenters. The molecule has 1 aliphatic carbocycles. The van der Waals surface area contributed by atoms with Crippen molar-refractivity contribution in [1.82, 2.24) is 4.90 Å². The highest BCUT2D eigenvalue weighted by atomic mass is 32.1. The van der Waals surface area contributed by atoms with Gasteiger partial charge in [0.25, 0.3) is 5.69 Å². The Morgan fingerprint density at radius 2 is 1.90 bits per heavy atom. The Labute approximate surface area is 181 Å². The van der Waals surface area contributed by atoms with Gasteiger partial charge in [-0.05, 0) is 49.3 Å². The van der Waals surface area contributed by atoms with Crippen LogP contribution >= 0.6 is 11.3 Å². The van der Waals surface area contributed by atoms with Gasteiger partial charge in [-0.2, -0.15) is 13.2 Å². The van der Waals surface area contributed by atoms with Crippen LogP contribution in [0.5, 0.6) is 0 Å². The number of carbonyl (C=O) groups excluding carboxylic acids is 1. The summed E-state index contributed by atoms with van der Waals surface area (Å²) < 4.78 is 38.8. The first-order chi connectivity index (χ1) is 14.7. The number of amides is 1. The third kappa shape index (κ3) is 4.84. The molecular weight excluding hydrogens is 431 g/mol. The maximum Gasteiger partial charge on any atom is 0.416 e. The number of rotatable bonds is 6. The summed E-state index contributed by atoms with van der Waals surface area (Å²) in [7, 11) is 0. The van der Waals surface area contributed by atoms with E-state index < -0.39 is 22.4 Å². The van der Waals surface area contributed by atoms with Gasteiger partial charge in [0, 0.05) is 36.0 Å². The summed E-state index contributed by atoms with van der Waals surface area (Å²) in [6.45, 7) is 1.38. The van der Waals surface area contributed by atoms with Crippen molar-refractivity contribution in [3.05, 3.63) is 56.3 Å². The number of piperidine rings is 1. The van der Waals surface area contributed by atoms with Gasteiger partial charge in [-0.1, -0.05) is 6.07 Å². The van der Waals surface area contributed by atoms with Gasteiger partial charge in [0.1, 0.15) is 5.69 Å². The van der Waals surface area contributed by atoms with Crippen molar-refractivity contribution in [3.8, 4) is 0 Å². The van der Waals surface area contributed by atoms with Crippen LogP contribution in [0.15, 0.2) is 35.7 Å². The zero-order chi connectivity index (χ0) is 22.2. The first-order valence-corrected chi connectivity index (χ1v) is 11.1. The lowest BCUT2D eigenvalue weighted by Gasteiger charge is -2.35. The summed E-state index contributed by atoms with van der Waals surface area (Å²) in [5, 5.41) is 13.4. The Morgan fingerprint density at radius 3 is 2.45 bits per heavy atom. The Balaban J connectivity index is 1.44. The molecule has 1 aromatic heterocycles. The maximum atomic E-state index is 13.2. The van der Waals surface area contributed by atoms with E-state index >= 15 is 0 Å². The van der Waals surface area contributed by atoms with Gasteiger partial charge in [0.05, 0.1) is 17.0 Å². The Kier molecular flexibility index (Phi) is 5.92. The number of thiophene rings is 1. The molecule has 1 aromatic carbocycles. The van der Waals surface area contributed by atoms with Crippen molar-refractivity contribution >= 4 is 28.6 Å². The number of nitrogens with zero attached hydrogens (tertiary/aromatic N) is 3. The van der Waals surface area contributed by atoms with Gasteiger partial charge in [-0.3, -0.25) is 14.9 Å². The smallest absolute Gasteiger partial charge is 0.366 e. The van der Waals surface area contributed by atoms with E-state index in [-0.39, 0.29) is 23.6 Å². The summed E-state index contributed by atoms with van der Waals surface area (Å²) in [4.78, 5) is 28.6. The summed E-state index contributed by atoms with van der Waals surface area (Å²) >= 11 is 1.62. The molecule has 0 bridgehead atoms. The molecular formula is C21H22F3N3O3S. The Hall–Kier alpha value is -2.62. The second-order valence-corrected chi connectivity index (χ2v) is 9.03. The van der Waals surface area contributed by atoms with Gasteiger partial charge in [-0.15, -0.1) is 11.3 Å². The second-order valence-electron chi connectivity index (χ2n) is 8.00. The number of halogens is 3. The number of hydrogen-bond acceptors (Lipinski definition) is 5. The van der Waals surface area contributed by atoms with Crippen molar-refractivity contribution in [2.75, 3.05) is 18.0 Å². The van der Waals surface area contributed by atoms with E-state index in [1.807, 2.05) is 22.4 Å². The van der Waals surface area contributed by atoms with E-state index in [9.17, 15) is 28.1 Å². The normalized spacial score (nSPS) is 17.6. The zero-order valence-corrected chi connectivity index (χ0v) is 17.5. The van der Waals surface area contributed by atoms with Crippen LogP contribution < -0.4 is 4.90 Å². The summed E-state index contributed by atoms with van der Waals surface area (Å²) in [6.07, 6.45) is -1.59. The van der Waals surface area contributed by atoms with E-state index in [0.717, 1.165) is 29.9 Å². The number of carbonyl (C=O) groups is 1. The molecule has 2 heterocycles. The molecule has 0 atom stereocenters. The largest absolute Gasteiger partial charge is 0.416 e. The van der Waals surface area contributed by atoms with Crippen molar-refractivity contribution in [2.45, 2.75) is 44.4 Å². The van der Waals surface area contributed by atoms with Crippen LogP contribution in [0.1, 0.15) is 36.1 Å². The highest BCUT2D eigenvalue weighted by molar-refractivity contribution is 7.09. The maximum absolute atomic E-state index is 13.2. The lowest BCUT2D eigenvalue weighted by atomic mass is 9.94. The third-order valence-electron chi connectivity index (χ3n) is 5.86. The molecule has 166 valence electrons. The van der Waals surface area contributed by atoms with Gasteiger partial charge < -0.3 is 9.80 Å². The van der Waals surface area contributed by atoms with Crippen molar-refractivity contribution < 1.29 is 22.9 Å². The van der Waals surface area contributed by atoms with Gasteiger partial charge in [0.2, 0.25) is 5.91 Å². The van der Waals surface area contributed by atoms with Crippen LogP contribution in [0.4, 0.5) is 24.5 Å². The predicted molar refractivity (Wildman–Crippen MR) is 111 cm³/mol. The van der Waals surface area contributed by atoms with E-state index in [4.69, 9.17) is 0 Å². The molecule has 0 N–H and O–H groups in total. The average molecular weight is 453 g/mol. The molecule has 4 rings (SSSR count). The number of alkyl halides is 3. The second kappa shape index (κ2) is 8.49. The molecule has 0 radical (unpaired) electrons. The number of nitro groups is 1. The molecule has 6 nitrogen and oxygen atoms in total. The number of hydrogen-bond donors (Lipinski definition) is 0. The number of benzene rings is 1. The van der Waals surface area contributed by atoms with Crippen LogP contribution in [-0.2, 0) is 17.5 Å². The Bertz CT molecular complexity index is 953. The Morgan fingerprint density at radius 1 is 1.19 bits per heavy atom. The molecule has 2 aromatic rings. The minimum Gasteiger partial charge on any atom is -0.366 e. The molecule has 2 aliphatic rings.